The van der Waals surface area contributed by atoms with Gasteiger partial charge in [0.05, 0.1) is 23.2 Å². The molecule has 0 radical (unpaired) electrons. The van der Waals surface area contributed by atoms with E-state index in [0.29, 0.717) is 31.9 Å². The minimum Gasteiger partial charge on any atom is -0.488 e. The molecule has 2 aliphatic rings. The fraction of sp³-hybridized carbons (Fsp3) is 0.400. The minimum atomic E-state index is -3.29. The number of aromatic nitrogens is 4. The van der Waals surface area contributed by atoms with E-state index in [1.165, 1.54) is 0 Å². The van der Waals surface area contributed by atoms with Crippen molar-refractivity contribution in [3.63, 3.8) is 0 Å². The molecule has 3 aromatic heterocycles. The van der Waals surface area contributed by atoms with Crippen LogP contribution in [0.1, 0.15) is 37.3 Å². The second kappa shape index (κ2) is 8.90. The first-order chi connectivity index (χ1) is 17.4. The van der Waals surface area contributed by atoms with Gasteiger partial charge in [-0.05, 0) is 44.0 Å². The first-order valence-electron chi connectivity index (χ1n) is 12.2. The van der Waals surface area contributed by atoms with Crippen LogP contribution in [0.5, 0.6) is 5.75 Å². The van der Waals surface area contributed by atoms with Gasteiger partial charge >= 0.3 is 0 Å². The normalized spacial score (nSPS) is 19.7. The number of aryl methyl sites for hydroxylation is 1. The van der Waals surface area contributed by atoms with Crippen LogP contribution in [0.4, 0.5) is 5.95 Å². The van der Waals surface area contributed by atoms with Gasteiger partial charge in [0, 0.05) is 36.5 Å². The zero-order chi connectivity index (χ0) is 24.9. The van der Waals surface area contributed by atoms with Gasteiger partial charge in [0.15, 0.2) is 5.75 Å². The summed E-state index contributed by atoms with van der Waals surface area (Å²) in [6.07, 6.45) is 4.79. The van der Waals surface area contributed by atoms with Crippen molar-refractivity contribution < 1.29 is 17.7 Å². The molecule has 6 rings (SSSR count). The van der Waals surface area contributed by atoms with Gasteiger partial charge in [-0.15, -0.1) is 0 Å². The lowest BCUT2D eigenvalue weighted by Gasteiger charge is -2.30. The Kier molecular flexibility index (Phi) is 5.68. The van der Waals surface area contributed by atoms with Crippen molar-refractivity contribution in [2.45, 2.75) is 38.8 Å². The van der Waals surface area contributed by atoms with Gasteiger partial charge in [-0.2, -0.15) is 0 Å². The largest absolute Gasteiger partial charge is 0.488 e. The van der Waals surface area contributed by atoms with Crippen LogP contribution in [0.15, 0.2) is 47.2 Å². The van der Waals surface area contributed by atoms with Crippen LogP contribution in [0.3, 0.4) is 0 Å². The number of benzene rings is 1. The molecule has 0 amide bonds. The number of anilines is 1. The summed E-state index contributed by atoms with van der Waals surface area (Å²) in [6, 6.07) is 9.51. The second-order valence-electron chi connectivity index (χ2n) is 9.34. The number of hydrogen-bond acceptors (Lipinski definition) is 8. The van der Waals surface area contributed by atoms with Crippen molar-refractivity contribution in [1.29, 1.82) is 0 Å². The van der Waals surface area contributed by atoms with E-state index in [1.807, 2.05) is 44.2 Å². The van der Waals surface area contributed by atoms with Crippen LogP contribution in [0.2, 0.25) is 0 Å². The van der Waals surface area contributed by atoms with E-state index in [1.54, 1.807) is 12.4 Å². The molecule has 2 atom stereocenters. The molecule has 0 aliphatic carbocycles. The van der Waals surface area contributed by atoms with Crippen molar-refractivity contribution in [3.05, 3.63) is 54.2 Å². The van der Waals surface area contributed by atoms with Crippen LogP contribution < -0.4 is 14.4 Å². The van der Waals surface area contributed by atoms with E-state index in [9.17, 15) is 8.42 Å². The molecular formula is C25H28N6O4S. The van der Waals surface area contributed by atoms with Gasteiger partial charge in [0.1, 0.15) is 23.9 Å². The van der Waals surface area contributed by atoms with Crippen LogP contribution in [-0.2, 0) is 10.0 Å². The molecule has 10 nitrogen and oxygen atoms in total. The summed E-state index contributed by atoms with van der Waals surface area (Å²) in [4.78, 5) is 11.8. The summed E-state index contributed by atoms with van der Waals surface area (Å²) in [5.74, 6) is 2.38. The Morgan fingerprint density at radius 3 is 2.83 bits per heavy atom. The van der Waals surface area contributed by atoms with Crippen molar-refractivity contribution in [1.82, 2.24) is 24.4 Å². The molecule has 1 fully saturated rings. The van der Waals surface area contributed by atoms with Crippen molar-refractivity contribution in [2.75, 3.05) is 30.3 Å². The third-order valence-corrected chi connectivity index (χ3v) is 8.48. The topological polar surface area (TPSA) is 115 Å². The molecule has 0 spiro atoms. The van der Waals surface area contributed by atoms with E-state index in [0.717, 1.165) is 46.0 Å². The number of nitrogens with one attached hydrogen (secondary N) is 1. The Hall–Kier alpha value is -3.44. The molecule has 4 aromatic rings. The van der Waals surface area contributed by atoms with Crippen molar-refractivity contribution in [2.24, 2.45) is 0 Å². The Morgan fingerprint density at radius 1 is 1.19 bits per heavy atom. The summed E-state index contributed by atoms with van der Waals surface area (Å²) >= 11 is 0. The highest BCUT2D eigenvalue weighted by Gasteiger charge is 2.35. The first-order valence-corrected chi connectivity index (χ1v) is 13.9. The van der Waals surface area contributed by atoms with Crippen LogP contribution in [0, 0.1) is 6.92 Å². The summed E-state index contributed by atoms with van der Waals surface area (Å²) in [5, 5.41) is 3.95. The summed E-state index contributed by atoms with van der Waals surface area (Å²) in [7, 11) is -3.29. The molecule has 5 heterocycles. The Morgan fingerprint density at radius 2 is 2.08 bits per heavy atom. The molecule has 188 valence electrons. The number of ether oxygens (including phenoxy) is 1. The smallest absolute Gasteiger partial charge is 0.211 e. The first kappa shape index (κ1) is 23.0. The van der Waals surface area contributed by atoms with Gasteiger partial charge in [-0.3, -0.25) is 9.55 Å². The molecule has 1 aromatic carbocycles. The summed E-state index contributed by atoms with van der Waals surface area (Å²) in [6.45, 7) is 5.39. The number of imidazole rings is 1. The summed E-state index contributed by atoms with van der Waals surface area (Å²) < 4.78 is 41.5. The zero-order valence-electron chi connectivity index (χ0n) is 20.2. The fourth-order valence-corrected chi connectivity index (χ4v) is 6.58. The monoisotopic (exact) mass is 508 g/mol. The lowest BCUT2D eigenvalue weighted by Crippen LogP contribution is -2.39. The van der Waals surface area contributed by atoms with Gasteiger partial charge < -0.3 is 14.2 Å². The fourth-order valence-electron chi connectivity index (χ4n) is 5.23. The maximum absolute atomic E-state index is 12.4. The average Bonchev–Trinajstić information content (AvgIpc) is 3.59. The standard InChI is InChI=1S/C25H28N6O4S/c1-3-12-36(32,33)29-17-9-11-30(14-17)25-28-21-8-7-18(19-13-27-35-16(19)2)24-23(21)31(25)22(15-34-24)20-6-4-5-10-26-20/h4-8,10,13,17,22,29H,3,9,11-12,14-15H2,1-2H3/t17-,22-/m1/s1. The second-order valence-corrected chi connectivity index (χ2v) is 11.2. The molecular weight excluding hydrogens is 480 g/mol. The van der Waals surface area contributed by atoms with E-state index >= 15 is 0 Å². The van der Waals surface area contributed by atoms with Crippen molar-refractivity contribution >= 4 is 27.0 Å². The maximum atomic E-state index is 12.4. The lowest BCUT2D eigenvalue weighted by molar-refractivity contribution is 0.258. The third-order valence-electron chi connectivity index (χ3n) is 6.84. The molecule has 2 aliphatic heterocycles. The molecule has 1 N–H and O–H groups in total. The molecule has 11 heteroatoms. The van der Waals surface area contributed by atoms with Crippen LogP contribution in [-0.4, -0.2) is 59.6 Å². The van der Waals surface area contributed by atoms with Gasteiger partial charge in [0.25, 0.3) is 0 Å². The molecule has 0 unspecified atom stereocenters. The number of rotatable bonds is 7. The Bertz CT molecular complexity index is 1510. The molecule has 0 bridgehead atoms. The highest BCUT2D eigenvalue weighted by Crippen LogP contribution is 2.45. The minimum absolute atomic E-state index is 0.134. The predicted molar refractivity (Wildman–Crippen MR) is 136 cm³/mol. The van der Waals surface area contributed by atoms with Crippen LogP contribution in [0.25, 0.3) is 22.2 Å². The molecule has 0 saturated carbocycles. The zero-order valence-corrected chi connectivity index (χ0v) is 21.0. The van der Waals surface area contributed by atoms with Gasteiger partial charge in [0.2, 0.25) is 16.0 Å². The quantitative estimate of drug-likeness (QED) is 0.404. The van der Waals surface area contributed by atoms with Crippen LogP contribution >= 0.6 is 0 Å². The van der Waals surface area contributed by atoms with E-state index < -0.39 is 10.0 Å². The van der Waals surface area contributed by atoms with Gasteiger partial charge in [-0.1, -0.05) is 18.1 Å². The van der Waals surface area contributed by atoms with E-state index in [-0.39, 0.29) is 17.8 Å². The highest BCUT2D eigenvalue weighted by atomic mass is 32.2. The average molecular weight is 509 g/mol. The van der Waals surface area contributed by atoms with Crippen molar-refractivity contribution in [3.8, 4) is 16.9 Å². The van der Waals surface area contributed by atoms with Gasteiger partial charge in [-0.25, -0.2) is 18.1 Å². The van der Waals surface area contributed by atoms with E-state index in [4.69, 9.17) is 14.2 Å². The Balaban J connectivity index is 1.46. The van der Waals surface area contributed by atoms with E-state index in [2.05, 4.69) is 24.3 Å². The highest BCUT2D eigenvalue weighted by molar-refractivity contribution is 7.89. The summed E-state index contributed by atoms with van der Waals surface area (Å²) in [5.41, 5.74) is 4.37. The molecule has 1 saturated heterocycles. The SMILES string of the molecule is CCCS(=O)(=O)N[C@@H]1CCN(c2nc3ccc(-c4cnoc4C)c4c3n2[C@@H](c2ccccn2)CO4)C1. The number of sulfonamides is 1. The third kappa shape index (κ3) is 3.92. The molecule has 36 heavy (non-hydrogen) atoms. The number of nitrogens with zero attached hydrogens (tertiary/aromatic N) is 5. The number of hydrogen-bond donors (Lipinski definition) is 1. The Labute approximate surface area is 209 Å². The number of pyridine rings is 1. The predicted octanol–water partition coefficient (Wildman–Crippen LogP) is 3.28. The lowest BCUT2D eigenvalue weighted by atomic mass is 10.0. The maximum Gasteiger partial charge on any atom is 0.211 e.